The fourth-order valence-electron chi connectivity index (χ4n) is 1.79. The fourth-order valence-corrected chi connectivity index (χ4v) is 2.57. The minimum atomic E-state index is -0.145. The Morgan fingerprint density at radius 2 is 2.10 bits per heavy atom. The molecule has 1 aromatic carbocycles. The lowest BCUT2D eigenvalue weighted by molar-refractivity contribution is -0.116. The number of aromatic nitrogens is 2. The molecule has 1 heterocycles. The van der Waals surface area contributed by atoms with Gasteiger partial charge in [-0.15, -0.1) is 0 Å². The number of amides is 1. The highest BCUT2D eigenvalue weighted by atomic mass is 79.9. The molecule has 0 atom stereocenters. The minimum absolute atomic E-state index is 0.145. The Labute approximate surface area is 133 Å². The molecule has 0 aliphatic carbocycles. The second kappa shape index (κ2) is 5.97. The molecule has 106 valence electrons. The number of nitrogens with two attached hydrogens (primary N) is 1. The molecule has 1 aromatic heterocycles. The third kappa shape index (κ3) is 3.21. The SMILES string of the molecule is Cc1nn(CC(=O)Nc2ccc(N)cc2Br)c(C)c1Br. The van der Waals surface area contributed by atoms with Crippen LogP contribution < -0.4 is 11.1 Å². The zero-order valence-electron chi connectivity index (χ0n) is 11.1. The van der Waals surface area contributed by atoms with Crippen molar-refractivity contribution in [2.24, 2.45) is 0 Å². The van der Waals surface area contributed by atoms with Crippen LogP contribution in [-0.4, -0.2) is 15.7 Å². The van der Waals surface area contributed by atoms with E-state index in [4.69, 9.17) is 5.73 Å². The molecule has 5 nitrogen and oxygen atoms in total. The number of carbonyl (C=O) groups is 1. The zero-order chi connectivity index (χ0) is 14.9. The number of benzene rings is 1. The first-order valence-electron chi connectivity index (χ1n) is 5.93. The molecule has 0 fully saturated rings. The molecule has 20 heavy (non-hydrogen) atoms. The first-order valence-corrected chi connectivity index (χ1v) is 7.51. The van der Waals surface area contributed by atoms with Gasteiger partial charge >= 0.3 is 0 Å². The Hall–Kier alpha value is -1.34. The van der Waals surface area contributed by atoms with Crippen LogP contribution in [-0.2, 0) is 11.3 Å². The summed E-state index contributed by atoms with van der Waals surface area (Å²) < 4.78 is 3.35. The number of hydrogen-bond acceptors (Lipinski definition) is 3. The van der Waals surface area contributed by atoms with Crippen molar-refractivity contribution in [1.29, 1.82) is 0 Å². The molecule has 0 bridgehead atoms. The number of nitrogens with zero attached hydrogens (tertiary/aromatic N) is 2. The highest BCUT2D eigenvalue weighted by Gasteiger charge is 2.12. The predicted molar refractivity (Wildman–Crippen MR) is 86.6 cm³/mol. The average Bonchev–Trinajstić information content (AvgIpc) is 2.61. The van der Waals surface area contributed by atoms with Gasteiger partial charge in [-0.25, -0.2) is 0 Å². The van der Waals surface area contributed by atoms with Crippen LogP contribution in [0.5, 0.6) is 0 Å². The van der Waals surface area contributed by atoms with Crippen molar-refractivity contribution in [3.8, 4) is 0 Å². The quantitative estimate of drug-likeness (QED) is 0.775. The number of rotatable bonds is 3. The van der Waals surface area contributed by atoms with Crippen molar-refractivity contribution in [2.75, 3.05) is 11.1 Å². The van der Waals surface area contributed by atoms with E-state index in [1.807, 2.05) is 13.8 Å². The molecule has 1 amide bonds. The van der Waals surface area contributed by atoms with Gasteiger partial charge in [0.1, 0.15) is 6.54 Å². The first kappa shape index (κ1) is 15.1. The lowest BCUT2D eigenvalue weighted by Gasteiger charge is -2.09. The van der Waals surface area contributed by atoms with E-state index in [0.717, 1.165) is 20.3 Å². The molecule has 0 radical (unpaired) electrons. The molecular formula is C13H14Br2N4O. The van der Waals surface area contributed by atoms with Gasteiger partial charge in [0, 0.05) is 10.2 Å². The van der Waals surface area contributed by atoms with Crippen LogP contribution in [0.15, 0.2) is 27.1 Å². The van der Waals surface area contributed by atoms with E-state index in [1.54, 1.807) is 22.9 Å². The molecule has 0 saturated heterocycles. The molecule has 2 rings (SSSR count). The van der Waals surface area contributed by atoms with Gasteiger partial charge in [-0.2, -0.15) is 5.10 Å². The lowest BCUT2D eigenvalue weighted by atomic mass is 10.3. The van der Waals surface area contributed by atoms with E-state index in [1.165, 1.54) is 0 Å². The number of carbonyl (C=O) groups excluding carboxylic acids is 1. The van der Waals surface area contributed by atoms with Crippen LogP contribution >= 0.6 is 31.9 Å². The molecule has 2 aromatic rings. The normalized spacial score (nSPS) is 10.6. The molecule has 0 aliphatic rings. The summed E-state index contributed by atoms with van der Waals surface area (Å²) in [6.07, 6.45) is 0. The van der Waals surface area contributed by atoms with Crippen molar-refractivity contribution in [3.05, 3.63) is 38.5 Å². The van der Waals surface area contributed by atoms with E-state index in [2.05, 4.69) is 42.3 Å². The Morgan fingerprint density at radius 3 is 2.65 bits per heavy atom. The Balaban J connectivity index is 2.11. The van der Waals surface area contributed by atoms with Crippen LogP contribution in [0, 0.1) is 13.8 Å². The molecule has 7 heteroatoms. The summed E-state index contributed by atoms with van der Waals surface area (Å²) in [5, 5.41) is 7.13. The number of aryl methyl sites for hydroxylation is 1. The summed E-state index contributed by atoms with van der Waals surface area (Å²) in [4.78, 5) is 12.1. The Morgan fingerprint density at radius 1 is 1.40 bits per heavy atom. The summed E-state index contributed by atoms with van der Waals surface area (Å²) in [6, 6.07) is 5.24. The third-order valence-corrected chi connectivity index (χ3v) is 4.66. The highest BCUT2D eigenvalue weighted by Crippen LogP contribution is 2.25. The Kier molecular flexibility index (Phi) is 4.49. The predicted octanol–water partition coefficient (Wildman–Crippen LogP) is 3.25. The maximum atomic E-state index is 12.1. The molecule has 0 spiro atoms. The molecule has 0 unspecified atom stereocenters. The van der Waals surface area contributed by atoms with E-state index in [9.17, 15) is 4.79 Å². The van der Waals surface area contributed by atoms with Crippen LogP contribution in [0.3, 0.4) is 0 Å². The number of nitrogens with one attached hydrogen (secondary N) is 1. The summed E-state index contributed by atoms with van der Waals surface area (Å²) in [5.41, 5.74) is 8.77. The van der Waals surface area contributed by atoms with Gasteiger partial charge in [0.25, 0.3) is 0 Å². The van der Waals surface area contributed by atoms with Crippen molar-refractivity contribution < 1.29 is 4.79 Å². The van der Waals surface area contributed by atoms with Crippen molar-refractivity contribution >= 4 is 49.1 Å². The summed E-state index contributed by atoms with van der Waals surface area (Å²) in [6.45, 7) is 3.97. The van der Waals surface area contributed by atoms with Gasteiger partial charge in [-0.05, 0) is 63.9 Å². The van der Waals surface area contributed by atoms with Gasteiger partial charge < -0.3 is 11.1 Å². The van der Waals surface area contributed by atoms with E-state index >= 15 is 0 Å². The fraction of sp³-hybridized carbons (Fsp3) is 0.231. The molecular weight excluding hydrogens is 388 g/mol. The van der Waals surface area contributed by atoms with Gasteiger partial charge in [0.2, 0.25) is 5.91 Å². The topological polar surface area (TPSA) is 72.9 Å². The van der Waals surface area contributed by atoms with Crippen LogP contribution in [0.25, 0.3) is 0 Å². The van der Waals surface area contributed by atoms with Gasteiger partial charge in [0.05, 0.1) is 21.5 Å². The molecule has 0 saturated carbocycles. The van der Waals surface area contributed by atoms with Gasteiger partial charge in [-0.1, -0.05) is 0 Å². The van der Waals surface area contributed by atoms with Gasteiger partial charge in [-0.3, -0.25) is 9.48 Å². The van der Waals surface area contributed by atoms with E-state index in [-0.39, 0.29) is 12.5 Å². The second-order valence-corrected chi connectivity index (χ2v) is 6.08. The number of hydrogen-bond donors (Lipinski definition) is 2. The van der Waals surface area contributed by atoms with Crippen LogP contribution in [0.2, 0.25) is 0 Å². The Bertz CT molecular complexity index is 667. The lowest BCUT2D eigenvalue weighted by Crippen LogP contribution is -2.20. The monoisotopic (exact) mass is 400 g/mol. The van der Waals surface area contributed by atoms with Crippen molar-refractivity contribution in [2.45, 2.75) is 20.4 Å². The number of halogens is 2. The average molecular weight is 402 g/mol. The van der Waals surface area contributed by atoms with Gasteiger partial charge in [0.15, 0.2) is 0 Å². The van der Waals surface area contributed by atoms with Crippen molar-refractivity contribution in [1.82, 2.24) is 9.78 Å². The third-order valence-electron chi connectivity index (χ3n) is 2.85. The maximum absolute atomic E-state index is 12.1. The smallest absolute Gasteiger partial charge is 0.246 e. The highest BCUT2D eigenvalue weighted by molar-refractivity contribution is 9.11. The maximum Gasteiger partial charge on any atom is 0.246 e. The number of anilines is 2. The standard InChI is InChI=1S/C13H14Br2N4O/c1-7-13(15)8(2)19(18-7)6-12(20)17-11-4-3-9(16)5-10(11)14/h3-5H,6,16H2,1-2H3,(H,17,20). The molecule has 3 N–H and O–H groups in total. The zero-order valence-corrected chi connectivity index (χ0v) is 14.2. The van der Waals surface area contributed by atoms with E-state index < -0.39 is 0 Å². The molecule has 0 aliphatic heterocycles. The summed E-state index contributed by atoms with van der Waals surface area (Å²) in [5.74, 6) is -0.145. The second-order valence-electron chi connectivity index (χ2n) is 4.43. The summed E-state index contributed by atoms with van der Waals surface area (Å²) >= 11 is 6.81. The van der Waals surface area contributed by atoms with Crippen LogP contribution in [0.4, 0.5) is 11.4 Å². The minimum Gasteiger partial charge on any atom is -0.399 e. The first-order chi connectivity index (χ1) is 9.38. The largest absolute Gasteiger partial charge is 0.399 e. The van der Waals surface area contributed by atoms with Crippen LogP contribution in [0.1, 0.15) is 11.4 Å². The summed E-state index contributed by atoms with van der Waals surface area (Å²) in [7, 11) is 0. The number of nitrogen functional groups attached to an aromatic ring is 1. The van der Waals surface area contributed by atoms with E-state index in [0.29, 0.717) is 11.4 Å². The van der Waals surface area contributed by atoms with Crippen molar-refractivity contribution in [3.63, 3.8) is 0 Å².